The molecule has 1 N–H and O–H groups in total. The molecule has 0 amide bonds. The van der Waals surface area contributed by atoms with E-state index in [9.17, 15) is 0 Å². The van der Waals surface area contributed by atoms with Crippen LogP contribution in [0.5, 0.6) is 5.75 Å². The molecule has 36 heavy (non-hydrogen) atoms. The lowest BCUT2D eigenvalue weighted by molar-refractivity contribution is -0.0402. The number of methoxy groups -OCH3 is 1. The van der Waals surface area contributed by atoms with Gasteiger partial charge in [-0.3, -0.25) is 0 Å². The fraction of sp³-hybridized carbons (Fsp3) is 0.519. The molecule has 0 aliphatic carbocycles. The Hall–Kier alpha value is -3.04. The number of nitrogens with one attached hydrogen (secondary N) is 1. The molecule has 1 fully saturated rings. The fourth-order valence-electron chi connectivity index (χ4n) is 4.85. The third kappa shape index (κ3) is 5.08. The van der Waals surface area contributed by atoms with Crippen LogP contribution in [0.3, 0.4) is 0 Å². The van der Waals surface area contributed by atoms with Gasteiger partial charge in [-0.1, -0.05) is 18.5 Å². The zero-order chi connectivity index (χ0) is 25.9. The normalized spacial score (nSPS) is 14.7. The van der Waals surface area contributed by atoms with Gasteiger partial charge in [-0.25, -0.2) is 14.4 Å². The summed E-state index contributed by atoms with van der Waals surface area (Å²) in [5.74, 6) is 1.90. The van der Waals surface area contributed by atoms with Gasteiger partial charge in [-0.05, 0) is 65.4 Å². The second-order valence-corrected chi connectivity index (χ2v) is 9.48. The molecule has 3 aromatic rings. The smallest absolute Gasteiger partial charge is 0.165 e. The monoisotopic (exact) mass is 497 g/mol. The molecule has 1 aromatic carbocycles. The van der Waals surface area contributed by atoms with Crippen molar-refractivity contribution >= 4 is 5.82 Å². The molecular weight excluding hydrogens is 461 g/mol. The predicted octanol–water partition coefficient (Wildman–Crippen LogP) is 4.86. The van der Waals surface area contributed by atoms with E-state index < -0.39 is 5.82 Å². The summed E-state index contributed by atoms with van der Waals surface area (Å²) in [5.41, 5.74) is 3.23. The quantitative estimate of drug-likeness (QED) is 0.376. The highest BCUT2D eigenvalue weighted by molar-refractivity contribution is 5.75. The van der Waals surface area contributed by atoms with Crippen molar-refractivity contribution in [1.29, 1.82) is 0 Å². The van der Waals surface area contributed by atoms with Crippen LogP contribution in [0.15, 0.2) is 22.7 Å². The largest absolute Gasteiger partial charge is 0.494 e. The maximum absolute atomic E-state index is 15.1. The number of aromatic nitrogens is 3. The van der Waals surface area contributed by atoms with Crippen LogP contribution in [0.25, 0.3) is 22.6 Å². The van der Waals surface area contributed by atoms with Gasteiger partial charge >= 0.3 is 0 Å². The second-order valence-electron chi connectivity index (χ2n) is 9.48. The summed E-state index contributed by atoms with van der Waals surface area (Å²) in [6.45, 7) is 10.7. The summed E-state index contributed by atoms with van der Waals surface area (Å²) in [5, 5.41) is 7.21. The van der Waals surface area contributed by atoms with Crippen molar-refractivity contribution in [3.05, 3.63) is 41.0 Å². The van der Waals surface area contributed by atoms with Gasteiger partial charge < -0.3 is 24.2 Å². The Morgan fingerprint density at radius 1 is 1.19 bits per heavy atom. The molecule has 3 heterocycles. The second kappa shape index (κ2) is 10.9. The van der Waals surface area contributed by atoms with Crippen molar-refractivity contribution in [1.82, 2.24) is 20.4 Å². The number of anilines is 1. The molecule has 1 aliphatic heterocycles. The Morgan fingerprint density at radius 2 is 1.97 bits per heavy atom. The predicted molar refractivity (Wildman–Crippen MR) is 138 cm³/mol. The van der Waals surface area contributed by atoms with Crippen LogP contribution < -0.4 is 15.0 Å². The maximum atomic E-state index is 15.1. The van der Waals surface area contributed by atoms with Crippen molar-refractivity contribution in [2.75, 3.05) is 45.3 Å². The first kappa shape index (κ1) is 26.0. The molecule has 9 heteroatoms. The molecule has 2 aromatic heterocycles. The Bertz CT molecular complexity index is 1190. The highest BCUT2D eigenvalue weighted by Crippen LogP contribution is 2.39. The van der Waals surface area contributed by atoms with Crippen LogP contribution in [-0.4, -0.2) is 61.1 Å². The minimum absolute atomic E-state index is 0.193. The molecule has 0 spiro atoms. The van der Waals surface area contributed by atoms with E-state index in [1.54, 1.807) is 19.2 Å². The third-order valence-corrected chi connectivity index (χ3v) is 6.81. The van der Waals surface area contributed by atoms with Gasteiger partial charge in [0.15, 0.2) is 5.82 Å². The van der Waals surface area contributed by atoms with E-state index in [1.165, 1.54) is 6.07 Å². The minimum atomic E-state index is -0.405. The lowest BCUT2D eigenvalue weighted by Gasteiger charge is -2.50. The molecule has 0 atom stereocenters. The van der Waals surface area contributed by atoms with Crippen molar-refractivity contribution < 1.29 is 18.4 Å². The van der Waals surface area contributed by atoms with Crippen LogP contribution >= 0.6 is 0 Å². The Balaban J connectivity index is 1.77. The summed E-state index contributed by atoms with van der Waals surface area (Å²) in [6.07, 6.45) is 2.85. The van der Waals surface area contributed by atoms with Crippen LogP contribution in [0.4, 0.5) is 10.2 Å². The molecular formula is C27H36FN5O3. The van der Waals surface area contributed by atoms with Crippen LogP contribution in [0, 0.1) is 26.6 Å². The number of nitrogens with zero attached hydrogens (tertiary/aromatic N) is 4. The van der Waals surface area contributed by atoms with Crippen LogP contribution in [0.1, 0.15) is 43.2 Å². The average Bonchev–Trinajstić information content (AvgIpc) is 3.18. The average molecular weight is 498 g/mol. The van der Waals surface area contributed by atoms with Gasteiger partial charge in [0.05, 0.1) is 42.2 Å². The minimum Gasteiger partial charge on any atom is -0.494 e. The van der Waals surface area contributed by atoms with Gasteiger partial charge in [-0.2, -0.15) is 0 Å². The molecule has 194 valence electrons. The van der Waals surface area contributed by atoms with E-state index in [0.29, 0.717) is 48.3 Å². The van der Waals surface area contributed by atoms with Gasteiger partial charge in [0, 0.05) is 12.7 Å². The molecule has 1 aliphatic rings. The molecule has 8 nitrogen and oxygen atoms in total. The number of benzene rings is 1. The number of hydrogen-bond donors (Lipinski definition) is 1. The molecule has 1 saturated heterocycles. The van der Waals surface area contributed by atoms with Gasteiger partial charge in [0.2, 0.25) is 0 Å². The van der Waals surface area contributed by atoms with E-state index in [0.717, 1.165) is 48.4 Å². The SMILES string of the molecule is CCCC1(OC)CN(c2nc(-c3cc(OCCCNC)ccc3F)nc(-c3c(C)noc3C)c2C)C1. The van der Waals surface area contributed by atoms with E-state index in [1.807, 2.05) is 27.8 Å². The van der Waals surface area contributed by atoms with E-state index >= 15 is 4.39 Å². The Kier molecular flexibility index (Phi) is 7.90. The lowest BCUT2D eigenvalue weighted by Crippen LogP contribution is -2.63. The van der Waals surface area contributed by atoms with Gasteiger partial charge in [-0.15, -0.1) is 0 Å². The number of hydrogen-bond acceptors (Lipinski definition) is 8. The number of rotatable bonds is 11. The topological polar surface area (TPSA) is 85.5 Å². The van der Waals surface area contributed by atoms with Gasteiger partial charge in [0.1, 0.15) is 28.7 Å². The van der Waals surface area contributed by atoms with Crippen molar-refractivity contribution in [2.24, 2.45) is 0 Å². The Labute approximate surface area is 212 Å². The third-order valence-electron chi connectivity index (χ3n) is 6.81. The first-order valence-corrected chi connectivity index (χ1v) is 12.5. The van der Waals surface area contributed by atoms with E-state index in [4.69, 9.17) is 24.0 Å². The zero-order valence-electron chi connectivity index (χ0n) is 22.1. The number of halogens is 1. The Morgan fingerprint density at radius 3 is 2.61 bits per heavy atom. The standard InChI is InChI=1S/C27H36FN5O3/c1-7-11-27(34-6)15-33(16-27)26-17(2)24(23-18(3)32-36-19(23)4)30-25(31-26)21-14-20(9-10-22(21)28)35-13-8-12-29-5/h9-10,14,29H,7-8,11-13,15-16H2,1-6H3. The van der Waals surface area contributed by atoms with Crippen LogP contribution in [0.2, 0.25) is 0 Å². The highest BCUT2D eigenvalue weighted by atomic mass is 19.1. The van der Waals surface area contributed by atoms with Crippen LogP contribution in [-0.2, 0) is 4.74 Å². The molecule has 0 saturated carbocycles. The number of aryl methyl sites for hydroxylation is 2. The maximum Gasteiger partial charge on any atom is 0.165 e. The number of ether oxygens (including phenoxy) is 2. The molecule has 4 rings (SSSR count). The first-order valence-electron chi connectivity index (χ1n) is 12.5. The van der Waals surface area contributed by atoms with Crippen molar-refractivity contribution in [2.45, 2.75) is 52.6 Å². The molecule has 0 unspecified atom stereocenters. The van der Waals surface area contributed by atoms with Gasteiger partial charge in [0.25, 0.3) is 0 Å². The van der Waals surface area contributed by atoms with Crippen molar-refractivity contribution in [3.8, 4) is 28.4 Å². The summed E-state index contributed by atoms with van der Waals surface area (Å²) in [4.78, 5) is 11.9. The summed E-state index contributed by atoms with van der Waals surface area (Å²) in [7, 11) is 3.66. The van der Waals surface area contributed by atoms with E-state index in [2.05, 4.69) is 22.3 Å². The summed E-state index contributed by atoms with van der Waals surface area (Å²) >= 11 is 0. The fourth-order valence-corrected chi connectivity index (χ4v) is 4.85. The highest BCUT2D eigenvalue weighted by Gasteiger charge is 2.44. The van der Waals surface area contributed by atoms with Crippen molar-refractivity contribution in [3.63, 3.8) is 0 Å². The van der Waals surface area contributed by atoms with E-state index in [-0.39, 0.29) is 5.60 Å². The molecule has 0 radical (unpaired) electrons. The lowest BCUT2D eigenvalue weighted by atomic mass is 9.88. The summed E-state index contributed by atoms with van der Waals surface area (Å²) < 4.78 is 32.3. The summed E-state index contributed by atoms with van der Waals surface area (Å²) in [6, 6.07) is 4.71. The zero-order valence-corrected chi connectivity index (χ0v) is 22.1. The first-order chi connectivity index (χ1) is 17.3. The molecule has 0 bridgehead atoms.